The molecule has 0 amide bonds. The highest BCUT2D eigenvalue weighted by atomic mass is 16.4. The molecule has 0 atom stereocenters. The summed E-state index contributed by atoms with van der Waals surface area (Å²) in [5, 5.41) is 10.0. The molecule has 0 aliphatic heterocycles. The van der Waals surface area contributed by atoms with Gasteiger partial charge in [-0.05, 0) is 55.0 Å². The van der Waals surface area contributed by atoms with Crippen LogP contribution in [0.25, 0.3) is 16.5 Å². The number of rotatable bonds is 3. The predicted molar refractivity (Wildman–Crippen MR) is 85.4 cm³/mol. The summed E-state index contributed by atoms with van der Waals surface area (Å²) < 4.78 is 0. The second-order valence-corrected chi connectivity index (χ2v) is 6.03. The maximum Gasteiger partial charge on any atom is 0.328 e. The number of H-pyrrole nitrogens is 1. The van der Waals surface area contributed by atoms with Crippen molar-refractivity contribution in [2.45, 2.75) is 44.9 Å². The molecule has 1 aromatic heterocycles. The van der Waals surface area contributed by atoms with Crippen molar-refractivity contribution in [3.8, 4) is 0 Å². The molecule has 3 nitrogen and oxygen atoms in total. The number of aromatic nitrogens is 1. The highest BCUT2D eigenvalue weighted by Crippen LogP contribution is 2.34. The number of carboxylic acids is 1. The van der Waals surface area contributed by atoms with Crippen LogP contribution in [0.4, 0.5) is 0 Å². The van der Waals surface area contributed by atoms with Gasteiger partial charge in [0.25, 0.3) is 0 Å². The van der Waals surface area contributed by atoms with Crippen molar-refractivity contribution in [3.63, 3.8) is 0 Å². The Labute approximate surface area is 124 Å². The number of carboxylic acid groups (broad SMARTS) is 1. The van der Waals surface area contributed by atoms with Gasteiger partial charge in [0, 0.05) is 22.7 Å². The van der Waals surface area contributed by atoms with E-state index in [1.807, 2.05) is 13.0 Å². The first kappa shape index (κ1) is 13.9. The number of nitrogens with one attached hydrogen (secondary N) is 1. The summed E-state index contributed by atoms with van der Waals surface area (Å²) >= 11 is 0. The van der Waals surface area contributed by atoms with Gasteiger partial charge < -0.3 is 10.1 Å². The van der Waals surface area contributed by atoms with Gasteiger partial charge in [-0.15, -0.1) is 0 Å². The number of carbonyl (C=O) groups is 1. The lowest BCUT2D eigenvalue weighted by molar-refractivity contribution is -0.131. The minimum Gasteiger partial charge on any atom is -0.478 e. The van der Waals surface area contributed by atoms with Gasteiger partial charge in [0.15, 0.2) is 0 Å². The zero-order valence-corrected chi connectivity index (χ0v) is 12.4. The summed E-state index contributed by atoms with van der Waals surface area (Å²) in [6.07, 6.45) is 7.82. The maximum absolute atomic E-state index is 10.8. The van der Waals surface area contributed by atoms with E-state index in [4.69, 9.17) is 5.11 Å². The Morgan fingerprint density at radius 2 is 2.00 bits per heavy atom. The molecule has 3 heteroatoms. The third-order valence-corrected chi connectivity index (χ3v) is 4.48. The first-order valence-electron chi connectivity index (χ1n) is 7.68. The minimum atomic E-state index is -0.899. The van der Waals surface area contributed by atoms with Crippen molar-refractivity contribution >= 4 is 22.4 Å². The highest BCUT2D eigenvalue weighted by Gasteiger charge is 2.17. The predicted octanol–water partition coefficient (Wildman–Crippen LogP) is 4.70. The van der Waals surface area contributed by atoms with Gasteiger partial charge in [-0.25, -0.2) is 4.79 Å². The van der Waals surface area contributed by atoms with Gasteiger partial charge in [0.1, 0.15) is 0 Å². The molecule has 1 saturated carbocycles. The number of aromatic amines is 1. The first-order valence-corrected chi connectivity index (χ1v) is 7.68. The Bertz CT molecular complexity index is 690. The van der Waals surface area contributed by atoms with Crippen molar-refractivity contribution in [1.82, 2.24) is 4.98 Å². The van der Waals surface area contributed by atoms with E-state index in [1.54, 1.807) is 0 Å². The van der Waals surface area contributed by atoms with E-state index >= 15 is 0 Å². The molecule has 21 heavy (non-hydrogen) atoms. The molecular weight excluding hydrogens is 262 g/mol. The van der Waals surface area contributed by atoms with Crippen molar-refractivity contribution in [2.75, 3.05) is 0 Å². The smallest absolute Gasteiger partial charge is 0.328 e. The van der Waals surface area contributed by atoms with Crippen molar-refractivity contribution < 1.29 is 9.90 Å². The molecule has 0 radical (unpaired) electrons. The molecule has 0 saturated heterocycles. The quantitative estimate of drug-likeness (QED) is 0.802. The number of allylic oxidation sites excluding steroid dienone is 1. The van der Waals surface area contributed by atoms with Crippen molar-refractivity contribution in [2.24, 2.45) is 0 Å². The fraction of sp³-hybridized carbons (Fsp3) is 0.389. The van der Waals surface area contributed by atoms with Crippen LogP contribution in [0.15, 0.2) is 30.3 Å². The van der Waals surface area contributed by atoms with E-state index in [0.717, 1.165) is 16.7 Å². The standard InChI is InChI=1S/C18H21NO2/c1-12(9-18(20)21)14-7-8-16-15(10-14)11-17(19-16)13-5-3-2-4-6-13/h7-11,13,19H,2-6H2,1H3,(H,20,21). The first-order chi connectivity index (χ1) is 10.1. The number of fused-ring (bicyclic) bond motifs is 1. The molecule has 1 fully saturated rings. The van der Waals surface area contributed by atoms with Crippen molar-refractivity contribution in [3.05, 3.63) is 41.6 Å². The Morgan fingerprint density at radius 3 is 2.71 bits per heavy atom. The van der Waals surface area contributed by atoms with E-state index in [1.165, 1.54) is 49.3 Å². The summed E-state index contributed by atoms with van der Waals surface area (Å²) in [6, 6.07) is 8.35. The van der Waals surface area contributed by atoms with Gasteiger partial charge in [-0.2, -0.15) is 0 Å². The number of hydrogen-bond acceptors (Lipinski definition) is 1. The Hall–Kier alpha value is -2.03. The fourth-order valence-corrected chi connectivity index (χ4v) is 3.30. The summed E-state index contributed by atoms with van der Waals surface area (Å²) in [5.41, 5.74) is 4.23. The highest BCUT2D eigenvalue weighted by molar-refractivity contribution is 5.92. The Kier molecular flexibility index (Phi) is 3.82. The van der Waals surface area contributed by atoms with E-state index in [0.29, 0.717) is 5.92 Å². The Morgan fingerprint density at radius 1 is 1.24 bits per heavy atom. The molecule has 0 spiro atoms. The monoisotopic (exact) mass is 283 g/mol. The zero-order valence-electron chi connectivity index (χ0n) is 12.4. The average molecular weight is 283 g/mol. The molecule has 1 aliphatic carbocycles. The molecule has 1 heterocycles. The molecule has 1 aromatic carbocycles. The van der Waals surface area contributed by atoms with E-state index in [-0.39, 0.29) is 0 Å². The summed E-state index contributed by atoms with van der Waals surface area (Å²) in [7, 11) is 0. The average Bonchev–Trinajstić information content (AvgIpc) is 2.90. The third-order valence-electron chi connectivity index (χ3n) is 4.48. The normalized spacial score (nSPS) is 17.3. The van der Waals surface area contributed by atoms with Crippen LogP contribution < -0.4 is 0 Å². The minimum absolute atomic E-state index is 0.658. The lowest BCUT2D eigenvalue weighted by atomic mass is 9.87. The van der Waals surface area contributed by atoms with Gasteiger partial charge in [0.05, 0.1) is 0 Å². The van der Waals surface area contributed by atoms with Crippen molar-refractivity contribution in [1.29, 1.82) is 0 Å². The second kappa shape index (κ2) is 5.76. The molecule has 0 unspecified atom stereocenters. The van der Waals surface area contributed by atoms with Gasteiger partial charge in [0.2, 0.25) is 0 Å². The summed E-state index contributed by atoms with van der Waals surface area (Å²) in [5.74, 6) is -0.241. The number of hydrogen-bond donors (Lipinski definition) is 2. The van der Waals surface area contributed by atoms with Crippen LogP contribution in [-0.2, 0) is 4.79 Å². The molecular formula is C18H21NO2. The summed E-state index contributed by atoms with van der Waals surface area (Å²) in [4.78, 5) is 14.3. The molecule has 3 rings (SSSR count). The lowest BCUT2D eigenvalue weighted by Gasteiger charge is -2.20. The number of benzene rings is 1. The van der Waals surface area contributed by atoms with E-state index in [9.17, 15) is 4.79 Å². The maximum atomic E-state index is 10.8. The van der Waals surface area contributed by atoms with Gasteiger partial charge >= 0.3 is 5.97 Å². The van der Waals surface area contributed by atoms with Gasteiger partial charge in [-0.3, -0.25) is 0 Å². The molecule has 2 aromatic rings. The SMILES string of the molecule is CC(=CC(=O)O)c1ccc2[nH]c(C3CCCCC3)cc2c1. The second-order valence-electron chi connectivity index (χ2n) is 6.03. The van der Waals surface area contributed by atoms with Crippen LogP contribution in [-0.4, -0.2) is 16.1 Å². The van der Waals surface area contributed by atoms with Crippen LogP contribution in [0.5, 0.6) is 0 Å². The zero-order chi connectivity index (χ0) is 14.8. The van der Waals surface area contributed by atoms with Crippen LogP contribution in [0.2, 0.25) is 0 Å². The third kappa shape index (κ3) is 3.02. The van der Waals surface area contributed by atoms with Crippen LogP contribution in [0, 0.1) is 0 Å². The largest absolute Gasteiger partial charge is 0.478 e. The summed E-state index contributed by atoms with van der Waals surface area (Å²) in [6.45, 7) is 1.84. The number of aliphatic carboxylic acids is 1. The lowest BCUT2D eigenvalue weighted by Crippen LogP contribution is -2.04. The van der Waals surface area contributed by atoms with Crippen LogP contribution >= 0.6 is 0 Å². The van der Waals surface area contributed by atoms with Crippen LogP contribution in [0.1, 0.15) is 56.2 Å². The molecule has 110 valence electrons. The topological polar surface area (TPSA) is 53.1 Å². The van der Waals surface area contributed by atoms with Gasteiger partial charge in [-0.1, -0.05) is 25.3 Å². The Balaban J connectivity index is 1.93. The molecule has 2 N–H and O–H groups in total. The van der Waals surface area contributed by atoms with Crippen LogP contribution in [0.3, 0.4) is 0 Å². The molecule has 1 aliphatic rings. The molecule has 0 bridgehead atoms. The fourth-order valence-electron chi connectivity index (χ4n) is 3.30. The van der Waals surface area contributed by atoms with E-state index < -0.39 is 5.97 Å². The van der Waals surface area contributed by atoms with E-state index in [2.05, 4.69) is 23.2 Å².